The van der Waals surface area contributed by atoms with Gasteiger partial charge in [-0.15, -0.1) is 0 Å². The molecule has 1 aromatic heterocycles. The maximum absolute atomic E-state index is 9.48. The number of likely N-dealkylation sites (N-methyl/N-ethyl adjacent to an activating group) is 1. The van der Waals surface area contributed by atoms with Crippen LogP contribution in [-0.2, 0) is 19.5 Å². The van der Waals surface area contributed by atoms with Crippen LogP contribution < -0.4 is 0 Å². The minimum absolute atomic E-state index is 0.346. The van der Waals surface area contributed by atoms with Crippen molar-refractivity contribution in [3.63, 3.8) is 0 Å². The molecule has 0 aliphatic carbocycles. The second kappa shape index (κ2) is 12.0. The highest BCUT2D eigenvalue weighted by molar-refractivity contribution is 5.86. The highest BCUT2D eigenvalue weighted by Gasteiger charge is 2.18. The first-order valence-corrected chi connectivity index (χ1v) is 14.2. The Hall–Kier alpha value is -2.38. The van der Waals surface area contributed by atoms with Crippen LogP contribution in [0.4, 0.5) is 0 Å². The first-order chi connectivity index (χ1) is 18.0. The maximum Gasteiger partial charge on any atom is 0.115 e. The van der Waals surface area contributed by atoms with E-state index in [9.17, 15) is 5.11 Å². The summed E-state index contributed by atoms with van der Waals surface area (Å²) < 4.78 is 2.55. The van der Waals surface area contributed by atoms with Gasteiger partial charge < -0.3 is 24.4 Å². The van der Waals surface area contributed by atoms with Gasteiger partial charge in [-0.3, -0.25) is 4.90 Å². The summed E-state index contributed by atoms with van der Waals surface area (Å²) in [7, 11) is 2.23. The van der Waals surface area contributed by atoms with E-state index >= 15 is 0 Å². The zero-order valence-electron chi connectivity index (χ0n) is 23.1. The maximum atomic E-state index is 9.48. The molecule has 1 N–H and O–H groups in total. The van der Waals surface area contributed by atoms with Crippen LogP contribution in [-0.4, -0.2) is 102 Å². The second-order valence-electron chi connectivity index (χ2n) is 11.2. The van der Waals surface area contributed by atoms with E-state index in [0.717, 1.165) is 52.2 Å². The zero-order valence-corrected chi connectivity index (χ0v) is 23.1. The van der Waals surface area contributed by atoms with Crippen molar-refractivity contribution in [1.29, 1.82) is 0 Å². The molecule has 0 unspecified atom stereocenters. The van der Waals surface area contributed by atoms with E-state index in [2.05, 4.69) is 63.3 Å². The summed E-state index contributed by atoms with van der Waals surface area (Å²) in [5, 5.41) is 10.9. The molecule has 200 valence electrons. The first kappa shape index (κ1) is 26.2. The van der Waals surface area contributed by atoms with Gasteiger partial charge in [0, 0.05) is 88.6 Å². The number of phenolic OH excluding ortho intramolecular Hbond substituents is 1. The molecular formula is C31H45N5O. The summed E-state index contributed by atoms with van der Waals surface area (Å²) in [6, 6.07) is 14.8. The molecule has 2 fully saturated rings. The largest absolute Gasteiger partial charge is 0.508 e. The minimum atomic E-state index is 0.346. The number of fused-ring (bicyclic) bond motifs is 1. The number of hydrogen-bond donors (Lipinski definition) is 1. The van der Waals surface area contributed by atoms with Crippen molar-refractivity contribution in [3.8, 4) is 5.75 Å². The lowest BCUT2D eigenvalue weighted by Gasteiger charge is -2.34. The Morgan fingerprint density at radius 2 is 1.32 bits per heavy atom. The van der Waals surface area contributed by atoms with Crippen LogP contribution in [0.1, 0.15) is 28.8 Å². The Balaban J connectivity index is 1.12. The van der Waals surface area contributed by atoms with Gasteiger partial charge in [0.2, 0.25) is 0 Å². The Bertz CT molecular complexity index is 1150. The third-order valence-electron chi connectivity index (χ3n) is 8.68. The summed E-state index contributed by atoms with van der Waals surface area (Å²) >= 11 is 0. The van der Waals surface area contributed by atoms with Gasteiger partial charge in [0.15, 0.2) is 0 Å². The fourth-order valence-electron chi connectivity index (χ4n) is 5.99. The third kappa shape index (κ3) is 6.55. The Kier molecular flexibility index (Phi) is 8.50. The van der Waals surface area contributed by atoms with E-state index in [0.29, 0.717) is 5.75 Å². The Labute approximate surface area is 223 Å². The van der Waals surface area contributed by atoms with Crippen molar-refractivity contribution in [2.75, 3.05) is 72.5 Å². The van der Waals surface area contributed by atoms with E-state index < -0.39 is 0 Å². The lowest BCUT2D eigenvalue weighted by Crippen LogP contribution is -2.46. The molecule has 0 spiro atoms. The van der Waals surface area contributed by atoms with Gasteiger partial charge in [-0.05, 0) is 81.2 Å². The highest BCUT2D eigenvalue weighted by atomic mass is 16.3. The molecule has 3 aromatic rings. The van der Waals surface area contributed by atoms with Crippen LogP contribution in [0, 0.1) is 13.8 Å². The van der Waals surface area contributed by atoms with Gasteiger partial charge in [0.1, 0.15) is 5.75 Å². The molecule has 0 bridgehead atoms. The molecule has 6 nitrogen and oxygen atoms in total. The zero-order chi connectivity index (χ0) is 25.8. The van der Waals surface area contributed by atoms with Gasteiger partial charge in [0.25, 0.3) is 0 Å². The van der Waals surface area contributed by atoms with Gasteiger partial charge in [-0.25, -0.2) is 0 Å². The summed E-state index contributed by atoms with van der Waals surface area (Å²) in [5.41, 5.74) is 6.99. The Morgan fingerprint density at radius 1 is 0.703 bits per heavy atom. The molecule has 5 rings (SSSR count). The normalized spacial score (nSPS) is 18.7. The number of piperazine rings is 2. The van der Waals surface area contributed by atoms with Crippen LogP contribution in [0.5, 0.6) is 5.75 Å². The quantitative estimate of drug-likeness (QED) is 0.479. The number of benzene rings is 2. The van der Waals surface area contributed by atoms with Gasteiger partial charge >= 0.3 is 0 Å². The molecule has 0 radical (unpaired) electrons. The number of nitrogens with zero attached hydrogens (tertiary/aromatic N) is 5. The standard InChI is InChI=1S/C31H45N5O/c1-25-26(2)36(13-4-12-33-17-15-32(3)16-18-33)31-10-7-28(23-30(25)31)24-35-21-19-34(20-22-35)14-11-27-5-8-29(37)9-6-27/h5-10,23,37H,4,11-22,24H2,1-3H3. The molecule has 2 saturated heterocycles. The summed E-state index contributed by atoms with van der Waals surface area (Å²) in [6.07, 6.45) is 2.26. The number of aromatic nitrogens is 1. The Morgan fingerprint density at radius 3 is 2.05 bits per heavy atom. The lowest BCUT2D eigenvalue weighted by atomic mass is 10.1. The highest BCUT2D eigenvalue weighted by Crippen LogP contribution is 2.27. The van der Waals surface area contributed by atoms with Crippen LogP contribution in [0.2, 0.25) is 0 Å². The minimum Gasteiger partial charge on any atom is -0.508 e. The second-order valence-corrected chi connectivity index (χ2v) is 11.2. The van der Waals surface area contributed by atoms with Crippen molar-refractivity contribution in [2.24, 2.45) is 0 Å². The van der Waals surface area contributed by atoms with Crippen molar-refractivity contribution in [3.05, 3.63) is 64.8 Å². The monoisotopic (exact) mass is 503 g/mol. The fraction of sp³-hybridized carbons (Fsp3) is 0.548. The topological polar surface area (TPSA) is 38.1 Å². The lowest BCUT2D eigenvalue weighted by molar-refractivity contribution is 0.128. The molecule has 3 heterocycles. The van der Waals surface area contributed by atoms with Crippen molar-refractivity contribution in [2.45, 2.75) is 39.8 Å². The fourth-order valence-corrected chi connectivity index (χ4v) is 5.99. The number of aryl methyl sites for hydroxylation is 2. The van der Waals surface area contributed by atoms with Crippen molar-refractivity contribution in [1.82, 2.24) is 24.2 Å². The van der Waals surface area contributed by atoms with Crippen molar-refractivity contribution >= 4 is 10.9 Å². The third-order valence-corrected chi connectivity index (χ3v) is 8.68. The van der Waals surface area contributed by atoms with Crippen LogP contribution in [0.15, 0.2) is 42.5 Å². The molecule has 2 aliphatic rings. The van der Waals surface area contributed by atoms with Gasteiger partial charge in [-0.1, -0.05) is 18.2 Å². The van der Waals surface area contributed by atoms with E-state index in [1.807, 2.05) is 12.1 Å². The molecule has 0 saturated carbocycles. The van der Waals surface area contributed by atoms with E-state index in [1.54, 1.807) is 12.1 Å². The summed E-state index contributed by atoms with van der Waals surface area (Å²) in [5.74, 6) is 0.346. The molecule has 0 atom stereocenters. The molecule has 0 amide bonds. The van der Waals surface area contributed by atoms with E-state index in [-0.39, 0.29) is 0 Å². The summed E-state index contributed by atoms with van der Waals surface area (Å²) in [4.78, 5) is 10.2. The van der Waals surface area contributed by atoms with Crippen LogP contribution in [0.3, 0.4) is 0 Å². The average molecular weight is 504 g/mol. The van der Waals surface area contributed by atoms with E-state index in [4.69, 9.17) is 0 Å². The number of rotatable bonds is 9. The van der Waals surface area contributed by atoms with Crippen LogP contribution in [0.25, 0.3) is 10.9 Å². The molecule has 6 heteroatoms. The number of aromatic hydroxyl groups is 1. The SMILES string of the molecule is Cc1c(C)n(CCCN2CCN(C)CC2)c2ccc(CN3CCN(CCc4ccc(O)cc4)CC3)cc12. The molecule has 37 heavy (non-hydrogen) atoms. The van der Waals surface area contributed by atoms with Gasteiger partial charge in [-0.2, -0.15) is 0 Å². The number of hydrogen-bond acceptors (Lipinski definition) is 5. The summed E-state index contributed by atoms with van der Waals surface area (Å²) in [6.45, 7) is 18.3. The van der Waals surface area contributed by atoms with Gasteiger partial charge in [0.05, 0.1) is 0 Å². The van der Waals surface area contributed by atoms with Crippen LogP contribution >= 0.6 is 0 Å². The predicted molar refractivity (Wildman–Crippen MR) is 153 cm³/mol. The first-order valence-electron chi connectivity index (χ1n) is 14.2. The molecule has 2 aromatic carbocycles. The average Bonchev–Trinajstić information content (AvgIpc) is 3.15. The smallest absolute Gasteiger partial charge is 0.115 e. The predicted octanol–water partition coefficient (Wildman–Crippen LogP) is 3.96. The number of phenols is 1. The van der Waals surface area contributed by atoms with Crippen molar-refractivity contribution < 1.29 is 5.11 Å². The van der Waals surface area contributed by atoms with E-state index in [1.165, 1.54) is 72.4 Å². The molecular weight excluding hydrogens is 458 g/mol. The molecule has 2 aliphatic heterocycles.